The van der Waals surface area contributed by atoms with E-state index in [2.05, 4.69) is 0 Å². The molecule has 0 N–H and O–H groups in total. The quantitative estimate of drug-likeness (QED) is 0.606. The summed E-state index contributed by atoms with van der Waals surface area (Å²) in [5, 5.41) is 0. The molecule has 0 fully saturated rings. The second kappa shape index (κ2) is 2.36. The van der Waals surface area contributed by atoms with Crippen molar-refractivity contribution in [1.82, 2.24) is 4.57 Å². The summed E-state index contributed by atoms with van der Waals surface area (Å²) in [6, 6.07) is -0.545. The van der Waals surface area contributed by atoms with E-state index in [-0.39, 0.29) is 0 Å². The standard InChI is InChI=1S/C6H6F3N/c7-5-6(8,9)10-3-1-2-4-10/h1-4H,5H2. The van der Waals surface area contributed by atoms with Crippen LogP contribution in [0, 0.1) is 0 Å². The summed E-state index contributed by atoms with van der Waals surface area (Å²) in [6.45, 7) is -1.66. The third-order valence-electron chi connectivity index (χ3n) is 1.14. The van der Waals surface area contributed by atoms with E-state index in [0.29, 0.717) is 4.57 Å². The lowest BCUT2D eigenvalue weighted by molar-refractivity contribution is -0.0989. The fourth-order valence-electron chi connectivity index (χ4n) is 0.622. The highest BCUT2D eigenvalue weighted by atomic mass is 19.3. The summed E-state index contributed by atoms with van der Waals surface area (Å²) in [6.07, 6.45) is 2.25. The van der Waals surface area contributed by atoms with Crippen molar-refractivity contribution in [2.45, 2.75) is 6.05 Å². The maximum Gasteiger partial charge on any atom is 0.357 e. The van der Waals surface area contributed by atoms with Crippen molar-refractivity contribution in [1.29, 1.82) is 0 Å². The van der Waals surface area contributed by atoms with Crippen LogP contribution < -0.4 is 0 Å². The number of hydrogen-bond donors (Lipinski definition) is 0. The van der Waals surface area contributed by atoms with Crippen molar-refractivity contribution in [3.05, 3.63) is 24.5 Å². The number of nitrogens with zero attached hydrogens (tertiary/aromatic N) is 1. The molecule has 1 rings (SSSR count). The van der Waals surface area contributed by atoms with E-state index in [0.717, 1.165) is 12.4 Å². The lowest BCUT2D eigenvalue weighted by Gasteiger charge is -2.12. The summed E-state index contributed by atoms with van der Waals surface area (Å²) in [5.41, 5.74) is 0. The van der Waals surface area contributed by atoms with Crippen LogP contribution in [-0.2, 0) is 6.05 Å². The molecule has 0 unspecified atom stereocenters. The van der Waals surface area contributed by atoms with Gasteiger partial charge in [0, 0.05) is 12.4 Å². The van der Waals surface area contributed by atoms with Crippen LogP contribution in [0.4, 0.5) is 13.2 Å². The SMILES string of the molecule is FCC(F)(F)n1cccc1. The summed E-state index contributed by atoms with van der Waals surface area (Å²) >= 11 is 0. The van der Waals surface area contributed by atoms with Crippen molar-refractivity contribution < 1.29 is 13.2 Å². The first-order chi connectivity index (χ1) is 4.67. The molecule has 1 aromatic heterocycles. The summed E-state index contributed by atoms with van der Waals surface area (Å²) < 4.78 is 36.7. The van der Waals surface area contributed by atoms with Gasteiger partial charge in [-0.3, -0.25) is 4.57 Å². The predicted molar refractivity (Wildman–Crippen MR) is 30.6 cm³/mol. The molecule has 1 heterocycles. The van der Waals surface area contributed by atoms with E-state index >= 15 is 0 Å². The first-order valence-corrected chi connectivity index (χ1v) is 2.74. The van der Waals surface area contributed by atoms with E-state index in [1.807, 2.05) is 0 Å². The molecule has 0 saturated carbocycles. The highest BCUT2D eigenvalue weighted by Gasteiger charge is 2.29. The Bertz CT molecular complexity index is 193. The van der Waals surface area contributed by atoms with Crippen molar-refractivity contribution in [2.24, 2.45) is 0 Å². The van der Waals surface area contributed by atoms with E-state index in [4.69, 9.17) is 0 Å². The minimum Gasteiger partial charge on any atom is -0.294 e. The van der Waals surface area contributed by atoms with Gasteiger partial charge < -0.3 is 0 Å². The minimum absolute atomic E-state index is 0.535. The molecule has 0 spiro atoms. The van der Waals surface area contributed by atoms with Crippen LogP contribution in [0.5, 0.6) is 0 Å². The van der Waals surface area contributed by atoms with Crippen molar-refractivity contribution in [2.75, 3.05) is 6.67 Å². The van der Waals surface area contributed by atoms with E-state index < -0.39 is 12.7 Å². The van der Waals surface area contributed by atoms with Gasteiger partial charge in [0.1, 0.15) is 0 Å². The average Bonchev–Trinajstić information content (AvgIpc) is 2.38. The minimum atomic E-state index is -3.39. The molecule has 0 aliphatic rings. The zero-order valence-corrected chi connectivity index (χ0v) is 5.10. The summed E-state index contributed by atoms with van der Waals surface area (Å²) in [4.78, 5) is 0. The Morgan fingerprint density at radius 1 is 1.20 bits per heavy atom. The van der Waals surface area contributed by atoms with E-state index in [1.54, 1.807) is 0 Å². The van der Waals surface area contributed by atoms with Gasteiger partial charge in [-0.05, 0) is 12.1 Å². The fourth-order valence-corrected chi connectivity index (χ4v) is 0.622. The number of aromatic nitrogens is 1. The summed E-state index contributed by atoms with van der Waals surface area (Å²) in [5.74, 6) is 0. The Morgan fingerprint density at radius 2 is 1.70 bits per heavy atom. The van der Waals surface area contributed by atoms with Gasteiger partial charge in [-0.25, -0.2) is 4.39 Å². The van der Waals surface area contributed by atoms with Crippen LogP contribution in [0.3, 0.4) is 0 Å². The zero-order chi connectivity index (χ0) is 7.61. The van der Waals surface area contributed by atoms with Crippen LogP contribution in [0.2, 0.25) is 0 Å². The Kier molecular flexibility index (Phi) is 1.70. The van der Waals surface area contributed by atoms with Gasteiger partial charge in [-0.2, -0.15) is 8.78 Å². The molecule has 56 valence electrons. The maximum atomic E-state index is 12.3. The third-order valence-corrected chi connectivity index (χ3v) is 1.14. The van der Waals surface area contributed by atoms with Crippen LogP contribution >= 0.6 is 0 Å². The monoisotopic (exact) mass is 149 g/mol. The third kappa shape index (κ3) is 1.15. The van der Waals surface area contributed by atoms with Gasteiger partial charge in [-0.15, -0.1) is 0 Å². The van der Waals surface area contributed by atoms with Crippen LogP contribution in [-0.4, -0.2) is 11.2 Å². The molecule has 0 aliphatic heterocycles. The molecule has 0 atom stereocenters. The van der Waals surface area contributed by atoms with Gasteiger partial charge in [-0.1, -0.05) is 0 Å². The van der Waals surface area contributed by atoms with E-state index in [1.165, 1.54) is 12.1 Å². The number of halogens is 3. The second-order valence-electron chi connectivity index (χ2n) is 1.89. The first kappa shape index (κ1) is 7.18. The van der Waals surface area contributed by atoms with Crippen LogP contribution in [0.15, 0.2) is 24.5 Å². The zero-order valence-electron chi connectivity index (χ0n) is 5.10. The van der Waals surface area contributed by atoms with Gasteiger partial charge in [0.15, 0.2) is 6.67 Å². The first-order valence-electron chi connectivity index (χ1n) is 2.74. The van der Waals surface area contributed by atoms with Crippen molar-refractivity contribution in [3.8, 4) is 0 Å². The number of hydrogen-bond acceptors (Lipinski definition) is 0. The van der Waals surface area contributed by atoms with Gasteiger partial charge >= 0.3 is 6.05 Å². The van der Waals surface area contributed by atoms with Gasteiger partial charge in [0.2, 0.25) is 0 Å². The molecule has 1 aromatic rings. The summed E-state index contributed by atoms with van der Waals surface area (Å²) in [7, 11) is 0. The molecule has 0 bridgehead atoms. The molecular formula is C6H6F3N. The normalized spacial score (nSPS) is 11.9. The predicted octanol–water partition coefficient (Wildman–Crippen LogP) is 2.01. The molecular weight excluding hydrogens is 143 g/mol. The van der Waals surface area contributed by atoms with Crippen molar-refractivity contribution >= 4 is 0 Å². The Balaban J connectivity index is 2.85. The molecule has 0 amide bonds. The fraction of sp³-hybridized carbons (Fsp3) is 0.333. The smallest absolute Gasteiger partial charge is 0.294 e. The molecule has 0 saturated heterocycles. The van der Waals surface area contributed by atoms with Crippen LogP contribution in [0.1, 0.15) is 0 Å². The molecule has 0 radical (unpaired) electrons. The molecule has 0 aromatic carbocycles. The van der Waals surface area contributed by atoms with Gasteiger partial charge in [0.25, 0.3) is 0 Å². The second-order valence-corrected chi connectivity index (χ2v) is 1.89. The molecule has 4 heteroatoms. The Morgan fingerprint density at radius 3 is 2.10 bits per heavy atom. The maximum absolute atomic E-state index is 12.3. The highest BCUT2D eigenvalue weighted by Crippen LogP contribution is 2.20. The number of alkyl halides is 3. The van der Waals surface area contributed by atoms with Crippen LogP contribution in [0.25, 0.3) is 0 Å². The Hall–Kier alpha value is -0.930. The van der Waals surface area contributed by atoms with E-state index in [9.17, 15) is 13.2 Å². The van der Waals surface area contributed by atoms with Crippen molar-refractivity contribution in [3.63, 3.8) is 0 Å². The molecule has 1 nitrogen and oxygen atoms in total. The molecule has 10 heavy (non-hydrogen) atoms. The topological polar surface area (TPSA) is 4.93 Å². The Labute approximate surface area is 56.1 Å². The lowest BCUT2D eigenvalue weighted by atomic mass is 10.6. The largest absolute Gasteiger partial charge is 0.357 e. The van der Waals surface area contributed by atoms with Gasteiger partial charge in [0.05, 0.1) is 0 Å². The lowest BCUT2D eigenvalue weighted by Crippen LogP contribution is -2.23. The molecule has 0 aliphatic carbocycles. The highest BCUT2D eigenvalue weighted by molar-refractivity contribution is 4.92. The number of rotatable bonds is 2. The average molecular weight is 149 g/mol.